The van der Waals surface area contributed by atoms with Crippen molar-refractivity contribution in [2.75, 3.05) is 20.8 Å². The molecule has 2 spiro atoms. The zero-order valence-electron chi connectivity index (χ0n) is 20.7. The van der Waals surface area contributed by atoms with E-state index in [4.69, 9.17) is 14.2 Å². The number of ether oxygens (including phenoxy) is 3. The first-order valence-corrected chi connectivity index (χ1v) is 12.3. The van der Waals surface area contributed by atoms with E-state index in [-0.39, 0.29) is 34.3 Å². The molecule has 1 aromatic rings. The van der Waals surface area contributed by atoms with Crippen LogP contribution in [0, 0.1) is 28.2 Å². The Morgan fingerprint density at radius 3 is 2.58 bits per heavy atom. The van der Waals surface area contributed by atoms with Crippen LogP contribution >= 0.6 is 0 Å². The number of aliphatic hydroxyl groups is 1. The molecule has 4 fully saturated rings. The highest BCUT2D eigenvalue weighted by molar-refractivity contribution is 5.63. The Bertz CT molecular complexity index is 1070. The summed E-state index contributed by atoms with van der Waals surface area (Å²) in [5, 5.41) is 22.2. The fourth-order valence-corrected chi connectivity index (χ4v) is 8.91. The minimum atomic E-state index is -0.966. The highest BCUT2D eigenvalue weighted by Gasteiger charge is 2.82. The molecule has 6 aliphatic rings. The lowest BCUT2D eigenvalue weighted by atomic mass is 9.33. The Morgan fingerprint density at radius 1 is 1.18 bits per heavy atom. The van der Waals surface area contributed by atoms with Crippen LogP contribution in [0.4, 0.5) is 0 Å². The molecule has 4 bridgehead atoms. The molecule has 33 heavy (non-hydrogen) atoms. The molecule has 2 aliphatic heterocycles. The summed E-state index contributed by atoms with van der Waals surface area (Å²) in [5.41, 5.74) is 0.315. The van der Waals surface area contributed by atoms with Gasteiger partial charge in [0.15, 0.2) is 17.7 Å². The summed E-state index contributed by atoms with van der Waals surface area (Å²) in [5.74, 6) is 1.54. The largest absolute Gasteiger partial charge is 0.493 e. The van der Waals surface area contributed by atoms with Gasteiger partial charge in [-0.2, -0.15) is 5.26 Å². The van der Waals surface area contributed by atoms with Crippen LogP contribution in [-0.2, 0) is 16.6 Å². The molecular weight excluding hydrogens is 416 g/mol. The van der Waals surface area contributed by atoms with Crippen LogP contribution in [0.25, 0.3) is 0 Å². The van der Waals surface area contributed by atoms with Crippen LogP contribution in [0.2, 0.25) is 0 Å². The minimum absolute atomic E-state index is 0.107. The summed E-state index contributed by atoms with van der Waals surface area (Å²) in [4.78, 5) is 2.03. The molecule has 3 unspecified atom stereocenters. The Kier molecular flexibility index (Phi) is 4.03. The zero-order chi connectivity index (χ0) is 23.6. The first-order chi connectivity index (χ1) is 15.5. The molecule has 7 rings (SSSR count). The summed E-state index contributed by atoms with van der Waals surface area (Å²) in [6.45, 7) is 9.05. The molecule has 1 N–H and O–H groups in total. The maximum atomic E-state index is 12.1. The van der Waals surface area contributed by atoms with Crippen LogP contribution < -0.4 is 9.47 Å². The molecule has 6 nitrogen and oxygen atoms in total. The number of likely N-dealkylation sites (tertiary alicyclic amines) is 1. The summed E-state index contributed by atoms with van der Waals surface area (Å²) < 4.78 is 19.3. The van der Waals surface area contributed by atoms with Gasteiger partial charge in [-0.15, -0.1) is 0 Å². The second-order valence-electron chi connectivity index (χ2n) is 12.3. The molecular formula is C27H36N2O4. The average molecular weight is 453 g/mol. The molecule has 1 saturated heterocycles. The highest BCUT2D eigenvalue weighted by atomic mass is 16.6. The van der Waals surface area contributed by atoms with Gasteiger partial charge < -0.3 is 24.2 Å². The standard InChI is InChI=1S/C27H36N2O4/c1-23(2,3)24(4,30)18-14-25-9-10-27(18,32-6)22-26(25)11-12-29(15-28)19(25)13-16-7-8-17(31-5)21(33-22)20(16)26/h7-8,18-19,22,30H,9-14H2,1-6H3/t18-,19?,22?,24-,25-,26?,27-/m1/s1. The normalized spacial score (nSPS) is 41.6. The Hall–Kier alpha value is -1.97. The maximum Gasteiger partial charge on any atom is 0.179 e. The monoisotopic (exact) mass is 452 g/mol. The number of nitriles is 1. The predicted octanol–water partition coefficient (Wildman–Crippen LogP) is 3.79. The van der Waals surface area contributed by atoms with E-state index in [2.05, 4.69) is 33.0 Å². The highest BCUT2D eigenvalue weighted by Crippen LogP contribution is 2.77. The second kappa shape index (κ2) is 6.17. The van der Waals surface area contributed by atoms with Gasteiger partial charge in [0.1, 0.15) is 11.7 Å². The van der Waals surface area contributed by atoms with Crippen molar-refractivity contribution in [3.05, 3.63) is 23.3 Å². The molecule has 0 amide bonds. The van der Waals surface area contributed by atoms with Gasteiger partial charge in [0.2, 0.25) is 0 Å². The lowest BCUT2D eigenvalue weighted by molar-refractivity contribution is -0.309. The van der Waals surface area contributed by atoms with Crippen LogP contribution in [0.1, 0.15) is 64.5 Å². The lowest BCUT2D eigenvalue weighted by Gasteiger charge is -2.75. The lowest BCUT2D eigenvalue weighted by Crippen LogP contribution is -2.83. The van der Waals surface area contributed by atoms with Gasteiger partial charge in [0.25, 0.3) is 0 Å². The number of piperidine rings is 1. The third kappa shape index (κ3) is 2.10. The van der Waals surface area contributed by atoms with Gasteiger partial charge in [-0.05, 0) is 56.1 Å². The van der Waals surface area contributed by atoms with Crippen molar-refractivity contribution in [3.8, 4) is 17.7 Å². The van der Waals surface area contributed by atoms with Crippen molar-refractivity contribution in [2.45, 2.75) is 88.6 Å². The van der Waals surface area contributed by atoms with Gasteiger partial charge in [-0.3, -0.25) is 0 Å². The smallest absolute Gasteiger partial charge is 0.179 e. The number of nitrogens with zero attached hydrogens (tertiary/aromatic N) is 2. The second-order valence-corrected chi connectivity index (χ2v) is 12.3. The Balaban J connectivity index is 1.66. The van der Waals surface area contributed by atoms with Crippen LogP contribution in [0.15, 0.2) is 12.1 Å². The molecule has 6 heteroatoms. The van der Waals surface area contributed by atoms with Gasteiger partial charge in [0.05, 0.1) is 12.7 Å². The Labute approximate surface area is 196 Å². The van der Waals surface area contributed by atoms with Crippen molar-refractivity contribution < 1.29 is 19.3 Å². The summed E-state index contributed by atoms with van der Waals surface area (Å²) in [7, 11) is 3.50. The van der Waals surface area contributed by atoms with Crippen molar-refractivity contribution in [2.24, 2.45) is 16.7 Å². The number of hydrogen-bond donors (Lipinski definition) is 1. The van der Waals surface area contributed by atoms with E-state index >= 15 is 0 Å². The van der Waals surface area contributed by atoms with Gasteiger partial charge in [-0.25, -0.2) is 0 Å². The molecule has 4 aliphatic carbocycles. The number of methoxy groups -OCH3 is 2. The van der Waals surface area contributed by atoms with Gasteiger partial charge in [-0.1, -0.05) is 26.8 Å². The van der Waals surface area contributed by atoms with E-state index in [1.54, 1.807) is 14.2 Å². The molecule has 0 aromatic heterocycles. The van der Waals surface area contributed by atoms with Crippen LogP contribution in [0.5, 0.6) is 11.5 Å². The fraction of sp³-hybridized carbons (Fsp3) is 0.741. The minimum Gasteiger partial charge on any atom is -0.493 e. The van der Waals surface area contributed by atoms with E-state index in [9.17, 15) is 10.4 Å². The predicted molar refractivity (Wildman–Crippen MR) is 123 cm³/mol. The van der Waals surface area contributed by atoms with E-state index in [0.29, 0.717) is 0 Å². The van der Waals surface area contributed by atoms with Crippen LogP contribution in [0.3, 0.4) is 0 Å². The zero-order valence-corrected chi connectivity index (χ0v) is 20.7. The third-order valence-electron chi connectivity index (χ3n) is 10.9. The summed E-state index contributed by atoms with van der Waals surface area (Å²) in [6, 6.07) is 4.30. The van der Waals surface area contributed by atoms with Gasteiger partial charge in [0, 0.05) is 42.0 Å². The quantitative estimate of drug-likeness (QED) is 0.704. The van der Waals surface area contributed by atoms with Crippen molar-refractivity contribution in [1.82, 2.24) is 4.90 Å². The molecule has 2 heterocycles. The molecule has 3 saturated carbocycles. The molecule has 1 aromatic carbocycles. The first kappa shape index (κ1) is 21.6. The van der Waals surface area contributed by atoms with E-state index in [0.717, 1.165) is 50.1 Å². The van der Waals surface area contributed by atoms with Crippen molar-refractivity contribution in [3.63, 3.8) is 0 Å². The molecule has 7 atom stereocenters. The number of hydrogen-bond acceptors (Lipinski definition) is 6. The molecule has 178 valence electrons. The topological polar surface area (TPSA) is 75.0 Å². The summed E-state index contributed by atoms with van der Waals surface area (Å²) >= 11 is 0. The average Bonchev–Trinajstić information content (AvgIpc) is 3.15. The van der Waals surface area contributed by atoms with E-state index in [1.807, 2.05) is 17.9 Å². The third-order valence-corrected chi connectivity index (χ3v) is 10.9. The maximum absolute atomic E-state index is 12.1. The number of rotatable bonds is 3. The van der Waals surface area contributed by atoms with Crippen molar-refractivity contribution in [1.29, 1.82) is 5.26 Å². The number of fused-ring (bicyclic) bond motifs is 2. The van der Waals surface area contributed by atoms with E-state index < -0.39 is 11.2 Å². The van der Waals surface area contributed by atoms with E-state index in [1.165, 1.54) is 11.1 Å². The Morgan fingerprint density at radius 2 is 1.94 bits per heavy atom. The number of benzene rings is 1. The fourth-order valence-electron chi connectivity index (χ4n) is 8.91. The summed E-state index contributed by atoms with van der Waals surface area (Å²) in [6.07, 6.45) is 6.68. The first-order valence-electron chi connectivity index (χ1n) is 12.3. The van der Waals surface area contributed by atoms with Crippen LogP contribution in [-0.4, -0.2) is 54.1 Å². The SMILES string of the molecule is COc1ccc2c3c1OC1C34CCN(C#N)C(C2)[C@]42CC[C@@]1(OC)[C@@H]([C@@](C)(O)C(C)(C)C)C2. The van der Waals surface area contributed by atoms with Crippen molar-refractivity contribution >= 4 is 0 Å². The van der Waals surface area contributed by atoms with Gasteiger partial charge >= 0.3 is 0 Å². The molecule has 0 radical (unpaired) electrons.